The van der Waals surface area contributed by atoms with E-state index in [9.17, 15) is 4.79 Å². The van der Waals surface area contributed by atoms with E-state index in [1.165, 1.54) is 11.3 Å². The van der Waals surface area contributed by atoms with Crippen molar-refractivity contribution in [1.29, 1.82) is 0 Å². The van der Waals surface area contributed by atoms with Crippen molar-refractivity contribution in [2.24, 2.45) is 0 Å². The number of hydrogen-bond acceptors (Lipinski definition) is 4. The van der Waals surface area contributed by atoms with Crippen molar-refractivity contribution >= 4 is 34.5 Å². The van der Waals surface area contributed by atoms with Crippen LogP contribution >= 0.6 is 22.9 Å². The molecule has 27 heavy (non-hydrogen) atoms. The molecule has 138 valence electrons. The molecule has 4 nitrogen and oxygen atoms in total. The van der Waals surface area contributed by atoms with Gasteiger partial charge in [-0.15, -0.1) is 11.3 Å². The number of carbonyl (C=O) groups is 1. The maximum Gasteiger partial charge on any atom is 0.265 e. The molecular weight excluding hydrogens is 378 g/mol. The zero-order chi connectivity index (χ0) is 18.8. The lowest BCUT2D eigenvalue weighted by Gasteiger charge is -2.17. The van der Waals surface area contributed by atoms with E-state index < -0.39 is 0 Å². The molecule has 6 heteroatoms. The van der Waals surface area contributed by atoms with Crippen LogP contribution in [0, 0.1) is 6.92 Å². The molecule has 0 bridgehead atoms. The normalized spacial score (nSPS) is 16.5. The standard InChI is InChI=1S/C21H20ClN3OS/c1-14-19(27-20(23-14)15-7-9-16(22)10-8-15)21(26)25-12-11-18(13-25)24-17-5-3-2-4-6-17/h2-10,18,24H,11-13H2,1H3. The first-order valence-corrected chi connectivity index (χ1v) is 10.1. The van der Waals surface area contributed by atoms with Gasteiger partial charge in [0.05, 0.1) is 5.69 Å². The maximum atomic E-state index is 13.0. The molecular formula is C21H20ClN3OS. The van der Waals surface area contributed by atoms with Crippen LogP contribution in [-0.4, -0.2) is 34.9 Å². The fraction of sp³-hybridized carbons (Fsp3) is 0.238. The van der Waals surface area contributed by atoms with Gasteiger partial charge in [0, 0.05) is 35.4 Å². The van der Waals surface area contributed by atoms with E-state index in [2.05, 4.69) is 22.4 Å². The fourth-order valence-corrected chi connectivity index (χ4v) is 4.45. The Hall–Kier alpha value is -2.37. The summed E-state index contributed by atoms with van der Waals surface area (Å²) < 4.78 is 0. The first-order valence-electron chi connectivity index (χ1n) is 8.94. The molecule has 1 saturated heterocycles. The first kappa shape index (κ1) is 18.0. The molecule has 1 fully saturated rings. The van der Waals surface area contributed by atoms with Gasteiger partial charge in [0.15, 0.2) is 0 Å². The molecule has 1 aromatic heterocycles. The maximum absolute atomic E-state index is 13.0. The van der Waals surface area contributed by atoms with Gasteiger partial charge in [0.25, 0.3) is 5.91 Å². The minimum absolute atomic E-state index is 0.0718. The Kier molecular flexibility index (Phi) is 5.14. The van der Waals surface area contributed by atoms with Gasteiger partial charge in [0.1, 0.15) is 9.88 Å². The summed E-state index contributed by atoms with van der Waals surface area (Å²) in [6, 6.07) is 18.0. The molecule has 1 aliphatic heterocycles. The number of likely N-dealkylation sites (tertiary alicyclic amines) is 1. The molecule has 0 spiro atoms. The number of thiazole rings is 1. The number of nitrogens with zero attached hydrogens (tertiary/aromatic N) is 2. The van der Waals surface area contributed by atoms with Crippen LogP contribution in [0.15, 0.2) is 54.6 Å². The van der Waals surface area contributed by atoms with Gasteiger partial charge in [0.2, 0.25) is 0 Å². The van der Waals surface area contributed by atoms with Crippen molar-refractivity contribution in [3.05, 3.63) is 70.2 Å². The van der Waals surface area contributed by atoms with Crippen molar-refractivity contribution in [2.75, 3.05) is 18.4 Å². The Morgan fingerprint density at radius 3 is 2.67 bits per heavy atom. The molecule has 0 radical (unpaired) electrons. The Balaban J connectivity index is 1.46. The van der Waals surface area contributed by atoms with E-state index in [1.807, 2.05) is 54.3 Å². The Labute approximate surface area is 167 Å². The average molecular weight is 398 g/mol. The molecule has 1 N–H and O–H groups in total. The predicted octanol–water partition coefficient (Wildman–Crippen LogP) is 5.10. The predicted molar refractivity (Wildman–Crippen MR) is 112 cm³/mol. The number of amides is 1. The number of hydrogen-bond donors (Lipinski definition) is 1. The van der Waals surface area contributed by atoms with Crippen molar-refractivity contribution in [1.82, 2.24) is 9.88 Å². The number of rotatable bonds is 4. The van der Waals surface area contributed by atoms with E-state index in [4.69, 9.17) is 11.6 Å². The SMILES string of the molecule is Cc1nc(-c2ccc(Cl)cc2)sc1C(=O)N1CCC(Nc2ccccc2)C1. The second-order valence-corrected chi connectivity index (χ2v) is 8.12. The number of nitrogens with one attached hydrogen (secondary N) is 1. The van der Waals surface area contributed by atoms with Crippen LogP contribution in [0.4, 0.5) is 5.69 Å². The minimum Gasteiger partial charge on any atom is -0.380 e. The lowest BCUT2D eigenvalue weighted by Crippen LogP contribution is -2.31. The Bertz CT molecular complexity index is 940. The van der Waals surface area contributed by atoms with E-state index in [0.717, 1.165) is 39.8 Å². The van der Waals surface area contributed by atoms with Gasteiger partial charge in [-0.2, -0.15) is 0 Å². The van der Waals surface area contributed by atoms with E-state index in [1.54, 1.807) is 0 Å². The van der Waals surface area contributed by atoms with Crippen molar-refractivity contribution < 1.29 is 4.79 Å². The van der Waals surface area contributed by atoms with Gasteiger partial charge in [-0.05, 0) is 37.6 Å². The van der Waals surface area contributed by atoms with Crippen LogP contribution in [0.25, 0.3) is 10.6 Å². The number of anilines is 1. The van der Waals surface area contributed by atoms with Crippen LogP contribution in [0.1, 0.15) is 21.8 Å². The summed E-state index contributed by atoms with van der Waals surface area (Å²) in [6.07, 6.45) is 0.947. The highest BCUT2D eigenvalue weighted by Crippen LogP contribution is 2.30. The summed E-state index contributed by atoms with van der Waals surface area (Å²) >= 11 is 7.41. The van der Waals surface area contributed by atoms with Crippen LogP contribution in [0.3, 0.4) is 0 Å². The van der Waals surface area contributed by atoms with Gasteiger partial charge >= 0.3 is 0 Å². The number of halogens is 1. The highest BCUT2D eigenvalue weighted by Gasteiger charge is 2.29. The third-order valence-electron chi connectivity index (χ3n) is 4.70. The average Bonchev–Trinajstić information content (AvgIpc) is 3.29. The molecule has 2 heterocycles. The molecule has 4 rings (SSSR count). The van der Waals surface area contributed by atoms with Crippen LogP contribution in [0.2, 0.25) is 5.02 Å². The van der Waals surface area contributed by atoms with Crippen molar-refractivity contribution in [2.45, 2.75) is 19.4 Å². The smallest absolute Gasteiger partial charge is 0.265 e. The van der Waals surface area contributed by atoms with Gasteiger partial charge in [-0.3, -0.25) is 4.79 Å². The molecule has 1 unspecified atom stereocenters. The third kappa shape index (κ3) is 3.99. The van der Waals surface area contributed by atoms with E-state index in [-0.39, 0.29) is 11.9 Å². The second-order valence-electron chi connectivity index (χ2n) is 6.69. The number of aromatic nitrogens is 1. The van der Waals surface area contributed by atoms with E-state index >= 15 is 0 Å². The largest absolute Gasteiger partial charge is 0.380 e. The van der Waals surface area contributed by atoms with Gasteiger partial charge in [-0.1, -0.05) is 41.9 Å². The summed E-state index contributed by atoms with van der Waals surface area (Å²) in [5.41, 5.74) is 2.86. The Morgan fingerprint density at radius 2 is 1.93 bits per heavy atom. The first-order chi connectivity index (χ1) is 13.1. The lowest BCUT2D eigenvalue weighted by molar-refractivity contribution is 0.0795. The van der Waals surface area contributed by atoms with E-state index in [0.29, 0.717) is 11.6 Å². The zero-order valence-corrected chi connectivity index (χ0v) is 16.6. The van der Waals surface area contributed by atoms with Crippen LogP contribution in [0.5, 0.6) is 0 Å². The van der Waals surface area contributed by atoms with Gasteiger partial charge < -0.3 is 10.2 Å². The lowest BCUT2D eigenvalue weighted by atomic mass is 10.2. The summed E-state index contributed by atoms with van der Waals surface area (Å²) in [5.74, 6) is 0.0718. The molecule has 1 aliphatic rings. The van der Waals surface area contributed by atoms with Gasteiger partial charge in [-0.25, -0.2) is 4.98 Å². The highest BCUT2D eigenvalue weighted by molar-refractivity contribution is 7.17. The summed E-state index contributed by atoms with van der Waals surface area (Å²) in [7, 11) is 0. The number of benzene rings is 2. The fourth-order valence-electron chi connectivity index (χ4n) is 3.29. The molecule has 2 aromatic carbocycles. The molecule has 1 atom stereocenters. The third-order valence-corrected chi connectivity index (χ3v) is 6.15. The number of carbonyl (C=O) groups excluding carboxylic acids is 1. The zero-order valence-electron chi connectivity index (χ0n) is 15.0. The van der Waals surface area contributed by atoms with Crippen molar-refractivity contribution in [3.8, 4) is 10.6 Å². The molecule has 3 aromatic rings. The summed E-state index contributed by atoms with van der Waals surface area (Å²) in [6.45, 7) is 3.37. The molecule has 1 amide bonds. The number of aryl methyl sites for hydroxylation is 1. The van der Waals surface area contributed by atoms with Crippen LogP contribution in [-0.2, 0) is 0 Å². The summed E-state index contributed by atoms with van der Waals surface area (Å²) in [4.78, 5) is 20.3. The summed E-state index contributed by atoms with van der Waals surface area (Å²) in [5, 5.41) is 5.05. The Morgan fingerprint density at radius 1 is 1.19 bits per heavy atom. The van der Waals surface area contributed by atoms with Crippen molar-refractivity contribution in [3.63, 3.8) is 0 Å². The number of para-hydroxylation sites is 1. The minimum atomic E-state index is 0.0718. The second kappa shape index (κ2) is 7.71. The molecule has 0 saturated carbocycles. The monoisotopic (exact) mass is 397 g/mol. The highest BCUT2D eigenvalue weighted by atomic mass is 35.5. The molecule has 0 aliphatic carbocycles. The van der Waals surface area contributed by atoms with Crippen LogP contribution < -0.4 is 5.32 Å². The topological polar surface area (TPSA) is 45.2 Å². The quantitative estimate of drug-likeness (QED) is 0.666.